The Morgan fingerprint density at radius 1 is 0.964 bits per heavy atom. The minimum absolute atomic E-state index is 0.176. The Morgan fingerprint density at radius 3 is 2.21 bits per heavy atom. The van der Waals surface area contributed by atoms with Crippen molar-refractivity contribution in [3.8, 4) is 0 Å². The van der Waals surface area contributed by atoms with E-state index < -0.39 is 0 Å². The molecule has 1 saturated carbocycles. The lowest BCUT2D eigenvalue weighted by Gasteiger charge is -2.26. The molecule has 2 unspecified atom stereocenters. The smallest absolute Gasteiger partial charge is 0.253 e. The second-order valence-electron chi connectivity index (χ2n) is 8.66. The summed E-state index contributed by atoms with van der Waals surface area (Å²) in [7, 11) is 1.88. The number of amides is 1. The first-order chi connectivity index (χ1) is 13.7. The van der Waals surface area contributed by atoms with Crippen molar-refractivity contribution in [3.63, 3.8) is 0 Å². The van der Waals surface area contributed by atoms with Crippen LogP contribution < -0.4 is 5.32 Å². The van der Waals surface area contributed by atoms with E-state index in [9.17, 15) is 4.79 Å². The first-order valence-corrected chi connectivity index (χ1v) is 11.1. The van der Waals surface area contributed by atoms with E-state index in [4.69, 9.17) is 0 Å². The number of hydrogen-bond acceptors (Lipinski definition) is 2. The van der Waals surface area contributed by atoms with Crippen LogP contribution in [0.5, 0.6) is 0 Å². The summed E-state index contributed by atoms with van der Waals surface area (Å²) >= 11 is 0. The van der Waals surface area contributed by atoms with Crippen LogP contribution in [0, 0.1) is 11.8 Å². The fourth-order valence-electron chi connectivity index (χ4n) is 5.14. The number of aliphatic imine (C=N–C) groups is 1. The van der Waals surface area contributed by atoms with Crippen LogP contribution in [0.4, 0.5) is 0 Å². The maximum absolute atomic E-state index is 12.6. The molecule has 5 nitrogen and oxygen atoms in total. The summed E-state index contributed by atoms with van der Waals surface area (Å²) in [6.07, 6.45) is 9.05. The number of carbonyl (C=O) groups excluding carboxylic acids is 1. The minimum atomic E-state index is 0.176. The van der Waals surface area contributed by atoms with E-state index in [2.05, 4.69) is 27.3 Å². The molecule has 2 heterocycles. The molecule has 1 aliphatic carbocycles. The Morgan fingerprint density at radius 2 is 1.61 bits per heavy atom. The first kappa shape index (κ1) is 19.3. The van der Waals surface area contributed by atoms with Gasteiger partial charge in [0.2, 0.25) is 0 Å². The highest BCUT2D eigenvalue weighted by molar-refractivity contribution is 5.94. The predicted molar refractivity (Wildman–Crippen MR) is 113 cm³/mol. The molecule has 5 heteroatoms. The summed E-state index contributed by atoms with van der Waals surface area (Å²) in [6.45, 7) is 4.84. The molecule has 2 saturated heterocycles. The number of likely N-dealkylation sites (tertiary alicyclic amines) is 2. The molecule has 1 amide bonds. The van der Waals surface area contributed by atoms with Gasteiger partial charge in [0.05, 0.1) is 0 Å². The van der Waals surface area contributed by atoms with E-state index in [0.717, 1.165) is 68.9 Å². The summed E-state index contributed by atoms with van der Waals surface area (Å²) in [6, 6.07) is 8.09. The number of fused-ring (bicyclic) bond motifs is 1. The maximum atomic E-state index is 12.6. The maximum Gasteiger partial charge on any atom is 0.253 e. The van der Waals surface area contributed by atoms with Crippen LogP contribution in [-0.2, 0) is 6.54 Å². The van der Waals surface area contributed by atoms with E-state index in [0.29, 0.717) is 0 Å². The average Bonchev–Trinajstić information content (AvgIpc) is 3.19. The van der Waals surface area contributed by atoms with Crippen molar-refractivity contribution >= 4 is 11.9 Å². The van der Waals surface area contributed by atoms with Crippen LogP contribution >= 0.6 is 0 Å². The van der Waals surface area contributed by atoms with E-state index in [1.165, 1.54) is 37.7 Å². The molecule has 0 aromatic heterocycles. The Hall–Kier alpha value is -2.04. The fraction of sp³-hybridized carbons (Fsp3) is 0.652. The van der Waals surface area contributed by atoms with Crippen molar-refractivity contribution in [1.82, 2.24) is 15.1 Å². The summed E-state index contributed by atoms with van der Waals surface area (Å²) in [5.41, 5.74) is 1.99. The van der Waals surface area contributed by atoms with Crippen LogP contribution in [0.2, 0.25) is 0 Å². The number of guanidine groups is 1. The van der Waals surface area contributed by atoms with Gasteiger partial charge in [0.1, 0.15) is 0 Å². The van der Waals surface area contributed by atoms with Gasteiger partial charge in [-0.3, -0.25) is 9.79 Å². The van der Waals surface area contributed by atoms with Crippen molar-refractivity contribution in [3.05, 3.63) is 35.4 Å². The SMILES string of the molecule is CN=C(NCc1ccc(C(=O)N2CCCCC2)cc1)N1CC2CCCCC2C1. The zero-order valence-corrected chi connectivity index (χ0v) is 17.2. The Bertz CT molecular complexity index is 679. The Labute approximate surface area is 169 Å². The number of piperidine rings is 1. The highest BCUT2D eigenvalue weighted by Gasteiger charge is 2.35. The van der Waals surface area contributed by atoms with E-state index in [-0.39, 0.29) is 5.91 Å². The number of hydrogen-bond donors (Lipinski definition) is 1. The van der Waals surface area contributed by atoms with Gasteiger partial charge in [-0.25, -0.2) is 0 Å². The molecule has 3 aliphatic rings. The largest absolute Gasteiger partial charge is 0.352 e. The standard InChI is InChI=1S/C23H34N4O/c1-24-23(27-16-20-7-3-4-8-21(20)17-27)25-15-18-9-11-19(12-10-18)22(28)26-13-5-2-6-14-26/h9-12,20-21H,2-8,13-17H2,1H3,(H,24,25). The monoisotopic (exact) mass is 382 g/mol. The third kappa shape index (κ3) is 4.34. The van der Waals surface area contributed by atoms with Gasteiger partial charge in [0, 0.05) is 45.3 Å². The third-order valence-electron chi connectivity index (χ3n) is 6.78. The summed E-state index contributed by atoms with van der Waals surface area (Å²) in [5, 5.41) is 3.53. The molecule has 2 atom stereocenters. The number of nitrogens with zero attached hydrogens (tertiary/aromatic N) is 3. The lowest BCUT2D eigenvalue weighted by Crippen LogP contribution is -2.39. The average molecular weight is 383 g/mol. The molecule has 0 radical (unpaired) electrons. The van der Waals surface area contributed by atoms with E-state index in [1.807, 2.05) is 24.1 Å². The van der Waals surface area contributed by atoms with Crippen molar-refractivity contribution in [1.29, 1.82) is 0 Å². The summed E-state index contributed by atoms with van der Waals surface area (Å²) in [4.78, 5) is 21.6. The predicted octanol–water partition coefficient (Wildman–Crippen LogP) is 3.51. The zero-order valence-electron chi connectivity index (χ0n) is 17.2. The van der Waals surface area contributed by atoms with Crippen molar-refractivity contribution in [2.45, 2.75) is 51.5 Å². The van der Waals surface area contributed by atoms with Gasteiger partial charge in [-0.2, -0.15) is 0 Å². The van der Waals surface area contributed by atoms with Gasteiger partial charge >= 0.3 is 0 Å². The van der Waals surface area contributed by atoms with Gasteiger partial charge in [-0.15, -0.1) is 0 Å². The van der Waals surface area contributed by atoms with Gasteiger partial charge in [0.25, 0.3) is 5.91 Å². The third-order valence-corrected chi connectivity index (χ3v) is 6.78. The van der Waals surface area contributed by atoms with Gasteiger partial charge in [-0.1, -0.05) is 25.0 Å². The molecule has 0 spiro atoms. The van der Waals surface area contributed by atoms with Crippen molar-refractivity contribution in [2.24, 2.45) is 16.8 Å². The molecule has 28 heavy (non-hydrogen) atoms. The second-order valence-corrected chi connectivity index (χ2v) is 8.66. The molecule has 3 fully saturated rings. The highest BCUT2D eigenvalue weighted by Crippen LogP contribution is 2.35. The number of rotatable bonds is 3. The van der Waals surface area contributed by atoms with E-state index >= 15 is 0 Å². The highest BCUT2D eigenvalue weighted by atomic mass is 16.2. The van der Waals surface area contributed by atoms with Crippen LogP contribution in [0.15, 0.2) is 29.3 Å². The minimum Gasteiger partial charge on any atom is -0.352 e. The molecule has 1 aromatic carbocycles. The fourth-order valence-corrected chi connectivity index (χ4v) is 5.14. The molecule has 1 aromatic rings. The number of carbonyl (C=O) groups is 1. The molecule has 1 N–H and O–H groups in total. The molecular weight excluding hydrogens is 348 g/mol. The van der Waals surface area contributed by atoms with Crippen LogP contribution in [0.25, 0.3) is 0 Å². The number of nitrogens with one attached hydrogen (secondary N) is 1. The normalized spacial score (nSPS) is 25.5. The van der Waals surface area contributed by atoms with Gasteiger partial charge in [0.15, 0.2) is 5.96 Å². The van der Waals surface area contributed by atoms with Crippen molar-refractivity contribution in [2.75, 3.05) is 33.2 Å². The summed E-state index contributed by atoms with van der Waals surface area (Å²) < 4.78 is 0. The molecule has 0 bridgehead atoms. The zero-order chi connectivity index (χ0) is 19.3. The van der Waals surface area contributed by atoms with Gasteiger partial charge < -0.3 is 15.1 Å². The molecular formula is C23H34N4O. The van der Waals surface area contributed by atoms with Crippen molar-refractivity contribution < 1.29 is 4.79 Å². The Kier molecular flexibility index (Phi) is 6.18. The van der Waals surface area contributed by atoms with Crippen LogP contribution in [0.1, 0.15) is 60.9 Å². The lowest BCUT2D eigenvalue weighted by atomic mass is 9.82. The van der Waals surface area contributed by atoms with Gasteiger partial charge in [-0.05, 0) is 61.6 Å². The van der Waals surface area contributed by atoms with Crippen LogP contribution in [-0.4, -0.2) is 54.9 Å². The molecule has 152 valence electrons. The Balaban J connectivity index is 1.31. The topological polar surface area (TPSA) is 47.9 Å². The lowest BCUT2D eigenvalue weighted by molar-refractivity contribution is 0.0724. The molecule has 2 aliphatic heterocycles. The molecule has 4 rings (SSSR count). The van der Waals surface area contributed by atoms with E-state index in [1.54, 1.807) is 0 Å². The second kappa shape index (κ2) is 8.97. The first-order valence-electron chi connectivity index (χ1n) is 11.1. The quantitative estimate of drug-likeness (QED) is 0.643. The summed E-state index contributed by atoms with van der Waals surface area (Å²) in [5.74, 6) is 2.90. The number of benzene rings is 1. The van der Waals surface area contributed by atoms with Crippen LogP contribution in [0.3, 0.4) is 0 Å².